The number of hydrogen-bond donors (Lipinski definition) is 0. The first-order valence-electron chi connectivity index (χ1n) is 9.92. The van der Waals surface area contributed by atoms with Gasteiger partial charge in [0.2, 0.25) is 0 Å². The quantitative estimate of drug-likeness (QED) is 0.564. The summed E-state index contributed by atoms with van der Waals surface area (Å²) < 4.78 is 25.1. The van der Waals surface area contributed by atoms with Crippen LogP contribution in [0.1, 0.15) is 19.4 Å². The number of hydrogen-bond acceptors (Lipinski definition) is 7. The molecule has 0 bridgehead atoms. The van der Waals surface area contributed by atoms with Crippen molar-refractivity contribution in [3.63, 3.8) is 0 Å². The highest BCUT2D eigenvalue weighted by Crippen LogP contribution is 2.27. The van der Waals surface area contributed by atoms with Gasteiger partial charge >= 0.3 is 6.03 Å². The van der Waals surface area contributed by atoms with Gasteiger partial charge in [-0.1, -0.05) is 6.07 Å². The Hall–Kier alpha value is -3.78. The molecule has 4 rings (SSSR count). The fourth-order valence-electron chi connectivity index (χ4n) is 3.54. The molecular weight excluding hydrogens is 430 g/mol. The van der Waals surface area contributed by atoms with E-state index in [4.69, 9.17) is 5.26 Å². The zero-order chi connectivity index (χ0) is 22.9. The molecule has 2 amide bonds. The lowest BCUT2D eigenvalue weighted by Crippen LogP contribution is -2.32. The Morgan fingerprint density at radius 2 is 1.84 bits per heavy atom. The normalized spacial score (nSPS) is 15.1. The van der Waals surface area contributed by atoms with E-state index in [9.17, 15) is 13.2 Å². The van der Waals surface area contributed by atoms with Gasteiger partial charge in [0.25, 0.3) is 0 Å². The maximum Gasteiger partial charge on any atom is 0.330 e. The third kappa shape index (κ3) is 4.04. The lowest BCUT2D eigenvalue weighted by Gasteiger charge is -2.19. The van der Waals surface area contributed by atoms with Crippen LogP contribution in [0.2, 0.25) is 0 Å². The van der Waals surface area contributed by atoms with Crippen molar-refractivity contribution in [1.29, 1.82) is 5.26 Å². The van der Waals surface area contributed by atoms with E-state index < -0.39 is 9.84 Å². The highest BCUT2D eigenvalue weighted by Gasteiger charge is 2.32. The molecule has 0 N–H and O–H groups in total. The van der Waals surface area contributed by atoms with Gasteiger partial charge in [0.15, 0.2) is 15.7 Å². The second-order valence-electron chi connectivity index (χ2n) is 7.51. The minimum atomic E-state index is -3.30. The number of nitrogens with zero attached hydrogens (tertiary/aromatic N) is 7. The molecule has 0 spiro atoms. The van der Waals surface area contributed by atoms with Crippen LogP contribution in [0, 0.1) is 11.3 Å². The SMILES string of the molecule is CC(CC#N)n1cnnc1-c1cccc(N2CCN(c3ccc(S(C)(=O)=O)cc3)C2=O)n1. The van der Waals surface area contributed by atoms with Gasteiger partial charge in [-0.3, -0.25) is 9.80 Å². The monoisotopic (exact) mass is 451 g/mol. The standard InChI is InChI=1S/C21H21N7O3S/c1-15(10-11-22)28-14-23-25-20(28)18-4-3-5-19(24-18)27-13-12-26(21(27)29)16-6-8-17(9-7-16)32(2,30)31/h3-9,14-15H,10,12-13H2,1-2H3. The average molecular weight is 452 g/mol. The Bertz CT molecular complexity index is 1300. The van der Waals surface area contributed by atoms with Crippen molar-refractivity contribution in [2.45, 2.75) is 24.3 Å². The Morgan fingerprint density at radius 3 is 2.53 bits per heavy atom. The lowest BCUT2D eigenvalue weighted by molar-refractivity contribution is 0.255. The molecule has 2 aromatic heterocycles. The van der Waals surface area contributed by atoms with Gasteiger partial charge in [-0.15, -0.1) is 10.2 Å². The van der Waals surface area contributed by atoms with Crippen LogP contribution in [0.4, 0.5) is 16.3 Å². The second kappa shape index (κ2) is 8.39. The van der Waals surface area contributed by atoms with Gasteiger partial charge in [-0.25, -0.2) is 18.2 Å². The van der Waals surface area contributed by atoms with Crippen molar-refractivity contribution in [2.24, 2.45) is 0 Å². The zero-order valence-corrected chi connectivity index (χ0v) is 18.4. The van der Waals surface area contributed by atoms with E-state index in [1.807, 2.05) is 6.92 Å². The number of rotatable bonds is 6. The molecular formula is C21H21N7O3S. The summed E-state index contributed by atoms with van der Waals surface area (Å²) in [5.41, 5.74) is 1.17. The molecule has 0 saturated carbocycles. The summed E-state index contributed by atoms with van der Waals surface area (Å²) in [6.45, 7) is 2.77. The number of benzene rings is 1. The molecule has 1 fully saturated rings. The van der Waals surface area contributed by atoms with E-state index in [1.165, 1.54) is 12.1 Å². The number of sulfone groups is 1. The zero-order valence-electron chi connectivity index (χ0n) is 17.6. The number of nitriles is 1. The Balaban J connectivity index is 1.58. The fraction of sp³-hybridized carbons (Fsp3) is 0.286. The molecule has 1 aliphatic rings. The molecule has 11 heteroatoms. The lowest BCUT2D eigenvalue weighted by atomic mass is 10.2. The van der Waals surface area contributed by atoms with Gasteiger partial charge in [-0.05, 0) is 43.3 Å². The van der Waals surface area contributed by atoms with Gasteiger partial charge < -0.3 is 4.57 Å². The van der Waals surface area contributed by atoms with Crippen molar-refractivity contribution in [3.05, 3.63) is 48.8 Å². The highest BCUT2D eigenvalue weighted by molar-refractivity contribution is 7.90. The molecule has 1 saturated heterocycles. The van der Waals surface area contributed by atoms with E-state index >= 15 is 0 Å². The maximum atomic E-state index is 13.1. The molecule has 32 heavy (non-hydrogen) atoms. The summed E-state index contributed by atoms with van der Waals surface area (Å²) in [5.74, 6) is 1.000. The summed E-state index contributed by atoms with van der Waals surface area (Å²) in [6, 6.07) is 13.3. The first-order chi connectivity index (χ1) is 15.3. The molecule has 3 aromatic rings. The van der Waals surface area contributed by atoms with Crippen LogP contribution in [0.5, 0.6) is 0 Å². The number of pyridine rings is 1. The summed E-state index contributed by atoms with van der Waals surface area (Å²) in [7, 11) is -3.30. The Morgan fingerprint density at radius 1 is 1.12 bits per heavy atom. The van der Waals surface area contributed by atoms with Crippen LogP contribution < -0.4 is 9.80 Å². The van der Waals surface area contributed by atoms with E-state index in [1.54, 1.807) is 51.0 Å². The number of anilines is 2. The first-order valence-corrected chi connectivity index (χ1v) is 11.8. The van der Waals surface area contributed by atoms with Crippen molar-refractivity contribution >= 4 is 27.4 Å². The van der Waals surface area contributed by atoms with Gasteiger partial charge in [0, 0.05) is 31.1 Å². The van der Waals surface area contributed by atoms with E-state index in [0.29, 0.717) is 42.5 Å². The summed E-state index contributed by atoms with van der Waals surface area (Å²) >= 11 is 0. The molecule has 3 heterocycles. The molecule has 0 aliphatic carbocycles. The van der Waals surface area contributed by atoms with Gasteiger partial charge in [-0.2, -0.15) is 5.26 Å². The van der Waals surface area contributed by atoms with Gasteiger partial charge in [0.1, 0.15) is 17.8 Å². The summed E-state index contributed by atoms with van der Waals surface area (Å²) in [5, 5.41) is 17.1. The summed E-state index contributed by atoms with van der Waals surface area (Å²) in [4.78, 5) is 21.0. The molecule has 1 aliphatic heterocycles. The number of carbonyl (C=O) groups is 1. The Kier molecular flexibility index (Phi) is 5.63. The topological polar surface area (TPSA) is 125 Å². The number of aromatic nitrogens is 4. The molecule has 1 atom stereocenters. The van der Waals surface area contributed by atoms with Crippen molar-refractivity contribution < 1.29 is 13.2 Å². The van der Waals surface area contributed by atoms with Crippen molar-refractivity contribution in [3.8, 4) is 17.6 Å². The number of amides is 2. The van der Waals surface area contributed by atoms with E-state index in [-0.39, 0.29) is 17.0 Å². The van der Waals surface area contributed by atoms with Gasteiger partial charge in [0.05, 0.1) is 17.4 Å². The largest absolute Gasteiger partial charge is 0.330 e. The second-order valence-corrected chi connectivity index (χ2v) is 9.52. The number of carbonyl (C=O) groups excluding carboxylic acids is 1. The predicted molar refractivity (Wildman–Crippen MR) is 118 cm³/mol. The molecule has 1 aromatic carbocycles. The van der Waals surface area contributed by atoms with Crippen LogP contribution in [0.3, 0.4) is 0 Å². The third-order valence-corrected chi connectivity index (χ3v) is 6.39. The average Bonchev–Trinajstić information content (AvgIpc) is 3.41. The van der Waals surface area contributed by atoms with Crippen LogP contribution in [0.15, 0.2) is 53.7 Å². The Labute approximate surface area is 185 Å². The number of urea groups is 1. The van der Waals surface area contributed by atoms with Crippen LogP contribution in [0.25, 0.3) is 11.5 Å². The summed E-state index contributed by atoms with van der Waals surface area (Å²) in [6.07, 6.45) is 3.02. The van der Waals surface area contributed by atoms with Crippen molar-refractivity contribution in [2.75, 3.05) is 29.1 Å². The fourth-order valence-corrected chi connectivity index (χ4v) is 4.17. The third-order valence-electron chi connectivity index (χ3n) is 5.26. The maximum absolute atomic E-state index is 13.1. The molecule has 164 valence electrons. The highest BCUT2D eigenvalue weighted by atomic mass is 32.2. The van der Waals surface area contributed by atoms with E-state index in [0.717, 1.165) is 6.26 Å². The molecule has 0 radical (unpaired) electrons. The minimum absolute atomic E-state index is 0.116. The van der Waals surface area contributed by atoms with Crippen LogP contribution in [-0.4, -0.2) is 53.5 Å². The molecule has 10 nitrogen and oxygen atoms in total. The van der Waals surface area contributed by atoms with Crippen LogP contribution in [-0.2, 0) is 9.84 Å². The smallest absolute Gasteiger partial charge is 0.308 e. The first kappa shape index (κ1) is 21.5. The minimum Gasteiger partial charge on any atom is -0.308 e. The van der Waals surface area contributed by atoms with Crippen molar-refractivity contribution in [1.82, 2.24) is 19.7 Å². The van der Waals surface area contributed by atoms with E-state index in [2.05, 4.69) is 21.3 Å². The molecule has 1 unspecified atom stereocenters. The van der Waals surface area contributed by atoms with Crippen LogP contribution >= 0.6 is 0 Å². The predicted octanol–water partition coefficient (Wildman–Crippen LogP) is 2.66.